The van der Waals surface area contributed by atoms with Crippen LogP contribution in [0.25, 0.3) is 0 Å². The minimum absolute atomic E-state index is 1.73. The summed E-state index contributed by atoms with van der Waals surface area (Å²) in [7, 11) is 0. The smallest absolute Gasteiger partial charge is 0.286 e. The highest BCUT2D eigenvalue weighted by Gasteiger charge is 2.71. The molecule has 0 N–H and O–H groups in total. The van der Waals surface area contributed by atoms with Crippen molar-refractivity contribution in [3.8, 4) is 0 Å². The fourth-order valence-electron chi connectivity index (χ4n) is 0.656. The van der Waals surface area contributed by atoms with Gasteiger partial charge < -0.3 is 0 Å². The Kier molecular flexibility index (Phi) is 1.72. The minimum atomic E-state index is -5.11. The van der Waals surface area contributed by atoms with Crippen molar-refractivity contribution in [2.75, 3.05) is 0 Å². The van der Waals surface area contributed by atoms with Crippen molar-refractivity contribution in [2.45, 2.75) is 11.8 Å². The lowest BCUT2D eigenvalue weighted by atomic mass is 10.2. The van der Waals surface area contributed by atoms with Crippen molar-refractivity contribution in [1.29, 1.82) is 0 Å². The van der Waals surface area contributed by atoms with Crippen molar-refractivity contribution < 1.29 is 26.7 Å². The summed E-state index contributed by atoms with van der Waals surface area (Å²) in [5.74, 6) is -15.1. The highest BCUT2D eigenvalue weighted by molar-refractivity contribution is 6.45. The SMILES string of the molecule is O=C1C(Cl)=C(F)C(F)(F)C1(F)F. The third kappa shape index (κ3) is 0.811. The Hall–Kier alpha value is -0.650. The van der Waals surface area contributed by atoms with Crippen molar-refractivity contribution >= 4 is 17.4 Å². The van der Waals surface area contributed by atoms with Crippen LogP contribution in [0.2, 0.25) is 0 Å². The summed E-state index contributed by atoms with van der Waals surface area (Å²) in [6, 6.07) is 0. The number of carbonyl (C=O) groups is 1. The second kappa shape index (κ2) is 2.18. The number of halogens is 6. The van der Waals surface area contributed by atoms with E-state index in [4.69, 9.17) is 0 Å². The lowest BCUT2D eigenvalue weighted by Gasteiger charge is -2.15. The monoisotopic (exact) mass is 206 g/mol. The average molecular weight is 206 g/mol. The van der Waals surface area contributed by atoms with E-state index in [1.54, 1.807) is 0 Å². The molecule has 0 atom stereocenters. The number of alkyl halides is 4. The number of hydrogen-bond acceptors (Lipinski definition) is 1. The van der Waals surface area contributed by atoms with E-state index in [0.717, 1.165) is 0 Å². The first-order valence-electron chi connectivity index (χ1n) is 2.59. The van der Waals surface area contributed by atoms with Gasteiger partial charge >= 0.3 is 11.8 Å². The summed E-state index contributed by atoms with van der Waals surface area (Å²) in [4.78, 5) is 10.2. The van der Waals surface area contributed by atoms with Gasteiger partial charge in [0.25, 0.3) is 5.78 Å². The van der Waals surface area contributed by atoms with Crippen LogP contribution < -0.4 is 0 Å². The maximum Gasteiger partial charge on any atom is 0.379 e. The number of carbonyl (C=O) groups excluding carboxylic acids is 1. The molecule has 0 unspecified atom stereocenters. The number of Topliss-reactive ketones (excluding diaryl/α,β-unsaturated/α-hetero) is 1. The van der Waals surface area contributed by atoms with Gasteiger partial charge in [-0.25, -0.2) is 4.39 Å². The highest BCUT2D eigenvalue weighted by Crippen LogP contribution is 2.50. The molecule has 1 nitrogen and oxygen atoms in total. The zero-order chi connectivity index (χ0) is 9.73. The van der Waals surface area contributed by atoms with Gasteiger partial charge in [0.1, 0.15) is 5.03 Å². The van der Waals surface area contributed by atoms with Crippen molar-refractivity contribution in [2.24, 2.45) is 0 Å². The molecule has 0 saturated carbocycles. The van der Waals surface area contributed by atoms with Gasteiger partial charge in [0.15, 0.2) is 5.83 Å². The average Bonchev–Trinajstić information content (AvgIpc) is 2.05. The Balaban J connectivity index is 3.31. The molecule has 68 valence electrons. The van der Waals surface area contributed by atoms with Gasteiger partial charge in [0.2, 0.25) is 0 Å². The maximum absolute atomic E-state index is 12.2. The molecular formula is C5ClF5O. The van der Waals surface area contributed by atoms with E-state index in [2.05, 4.69) is 11.6 Å². The van der Waals surface area contributed by atoms with Gasteiger partial charge in [-0.15, -0.1) is 0 Å². The van der Waals surface area contributed by atoms with E-state index < -0.39 is 28.5 Å². The molecule has 0 aliphatic heterocycles. The maximum atomic E-state index is 12.2. The van der Waals surface area contributed by atoms with Gasteiger partial charge in [0.05, 0.1) is 0 Å². The highest BCUT2D eigenvalue weighted by atomic mass is 35.5. The van der Waals surface area contributed by atoms with Crippen LogP contribution in [0.3, 0.4) is 0 Å². The fraction of sp³-hybridized carbons (Fsp3) is 0.400. The zero-order valence-electron chi connectivity index (χ0n) is 5.18. The number of allylic oxidation sites excluding steroid dienone is 2. The van der Waals surface area contributed by atoms with Crippen LogP contribution in [0, 0.1) is 0 Å². The molecule has 1 rings (SSSR count). The van der Waals surface area contributed by atoms with Gasteiger partial charge in [0, 0.05) is 0 Å². The van der Waals surface area contributed by atoms with Crippen molar-refractivity contribution in [1.82, 2.24) is 0 Å². The lowest BCUT2D eigenvalue weighted by molar-refractivity contribution is -0.186. The lowest BCUT2D eigenvalue weighted by Crippen LogP contribution is -2.41. The molecule has 0 amide bonds. The van der Waals surface area contributed by atoms with E-state index in [1.165, 1.54) is 0 Å². The summed E-state index contributed by atoms with van der Waals surface area (Å²) in [6.45, 7) is 0. The summed E-state index contributed by atoms with van der Waals surface area (Å²) in [5.41, 5.74) is 0. The molecule has 0 aromatic carbocycles. The fourth-order valence-corrected chi connectivity index (χ4v) is 0.893. The zero-order valence-corrected chi connectivity index (χ0v) is 5.93. The Labute approximate surface area is 67.8 Å². The molecule has 12 heavy (non-hydrogen) atoms. The Morgan fingerprint density at radius 2 is 1.50 bits per heavy atom. The summed E-state index contributed by atoms with van der Waals surface area (Å²) >= 11 is 4.58. The minimum Gasteiger partial charge on any atom is -0.286 e. The third-order valence-corrected chi connectivity index (χ3v) is 1.68. The normalized spacial score (nSPS) is 26.7. The van der Waals surface area contributed by atoms with E-state index in [0.29, 0.717) is 0 Å². The molecule has 1 aliphatic rings. The van der Waals surface area contributed by atoms with Crippen LogP contribution in [0.15, 0.2) is 10.9 Å². The molecular weight excluding hydrogens is 206 g/mol. The standard InChI is InChI=1S/C5ClF5O/c6-1-2(7)4(8,9)5(10,11)3(1)12. The van der Waals surface area contributed by atoms with Gasteiger partial charge in [-0.1, -0.05) is 11.6 Å². The van der Waals surface area contributed by atoms with E-state index in [-0.39, 0.29) is 0 Å². The molecule has 7 heteroatoms. The Morgan fingerprint density at radius 3 is 1.58 bits per heavy atom. The first-order chi connectivity index (χ1) is 5.23. The molecule has 0 fully saturated rings. The summed E-state index contributed by atoms with van der Waals surface area (Å²) in [6.07, 6.45) is 0. The number of hydrogen-bond donors (Lipinski definition) is 0. The molecule has 0 spiro atoms. The predicted molar refractivity (Wildman–Crippen MR) is 28.9 cm³/mol. The molecule has 0 saturated heterocycles. The van der Waals surface area contributed by atoms with E-state index in [9.17, 15) is 26.7 Å². The summed E-state index contributed by atoms with van der Waals surface area (Å²) in [5, 5.41) is -1.73. The number of rotatable bonds is 0. The van der Waals surface area contributed by atoms with E-state index >= 15 is 0 Å². The first kappa shape index (κ1) is 9.44. The molecule has 0 radical (unpaired) electrons. The van der Waals surface area contributed by atoms with Crippen LogP contribution in [0.5, 0.6) is 0 Å². The van der Waals surface area contributed by atoms with Crippen LogP contribution in [-0.2, 0) is 4.79 Å². The quantitative estimate of drug-likeness (QED) is 0.556. The van der Waals surface area contributed by atoms with E-state index in [1.807, 2.05) is 0 Å². The van der Waals surface area contributed by atoms with Crippen molar-refractivity contribution in [3.05, 3.63) is 10.9 Å². The van der Waals surface area contributed by atoms with Crippen molar-refractivity contribution in [3.63, 3.8) is 0 Å². The van der Waals surface area contributed by atoms with Crippen LogP contribution in [0.4, 0.5) is 22.0 Å². The van der Waals surface area contributed by atoms with Crippen LogP contribution in [0.1, 0.15) is 0 Å². The molecule has 0 aromatic rings. The van der Waals surface area contributed by atoms with Gasteiger partial charge in [-0.3, -0.25) is 4.79 Å². The topological polar surface area (TPSA) is 17.1 Å². The second-order valence-electron chi connectivity index (χ2n) is 2.11. The third-order valence-electron chi connectivity index (χ3n) is 1.35. The molecule has 1 aliphatic carbocycles. The van der Waals surface area contributed by atoms with Gasteiger partial charge in [-0.05, 0) is 0 Å². The van der Waals surface area contributed by atoms with Crippen LogP contribution in [-0.4, -0.2) is 17.6 Å². The molecule has 0 heterocycles. The molecule has 0 aromatic heterocycles. The Morgan fingerprint density at radius 1 is 1.08 bits per heavy atom. The van der Waals surface area contributed by atoms with Gasteiger partial charge in [-0.2, -0.15) is 17.6 Å². The van der Waals surface area contributed by atoms with Crippen LogP contribution >= 0.6 is 11.6 Å². The largest absolute Gasteiger partial charge is 0.379 e. The first-order valence-corrected chi connectivity index (χ1v) is 2.97. The second-order valence-corrected chi connectivity index (χ2v) is 2.48. The molecule has 0 bridgehead atoms. The predicted octanol–water partition coefficient (Wildman–Crippen LogP) is 2.26. The number of ketones is 1. The summed E-state index contributed by atoms with van der Waals surface area (Å²) < 4.78 is 60.7. The Bertz CT molecular complexity index is 282.